The number of hydrogen-bond donors (Lipinski definition) is 0. The van der Waals surface area contributed by atoms with Crippen molar-refractivity contribution in [3.8, 4) is 0 Å². The fourth-order valence-corrected chi connectivity index (χ4v) is 5.09. The molecule has 2 aliphatic rings. The molecule has 0 atom stereocenters. The van der Waals surface area contributed by atoms with Gasteiger partial charge >= 0.3 is 0 Å². The normalized spacial score (nSPS) is 19.3. The molecule has 0 N–H and O–H groups in total. The van der Waals surface area contributed by atoms with Gasteiger partial charge in [0.1, 0.15) is 0 Å². The van der Waals surface area contributed by atoms with E-state index in [1.807, 2.05) is 72.6 Å². The molecule has 0 bridgehead atoms. The van der Waals surface area contributed by atoms with Crippen LogP contribution in [0.3, 0.4) is 0 Å². The minimum Gasteiger partial charge on any atom is -0.346 e. The summed E-state index contributed by atoms with van der Waals surface area (Å²) in [6.45, 7) is 4.10. The van der Waals surface area contributed by atoms with Crippen LogP contribution in [0.25, 0.3) is 5.57 Å². The Labute approximate surface area is 192 Å². The number of anilines is 1. The summed E-state index contributed by atoms with van der Waals surface area (Å²) in [5.74, 6) is -1.80. The van der Waals surface area contributed by atoms with Gasteiger partial charge in [-0.1, -0.05) is 92.7 Å². The number of Topliss-reactive ketones (excluding diaryl/α,β-unsaturated/α-hetero) is 3. The number of ketones is 3. The topological polar surface area (TPSA) is 54.5 Å². The van der Waals surface area contributed by atoms with E-state index < -0.39 is 22.8 Å². The predicted molar refractivity (Wildman–Crippen MR) is 129 cm³/mol. The maximum absolute atomic E-state index is 13.6. The highest BCUT2D eigenvalue weighted by atomic mass is 16.2. The lowest BCUT2D eigenvalue weighted by Crippen LogP contribution is -2.27. The molecule has 5 rings (SSSR count). The monoisotopic (exact) mass is 433 g/mol. The van der Waals surface area contributed by atoms with Crippen LogP contribution in [0.2, 0.25) is 0 Å². The second-order valence-electron chi connectivity index (χ2n) is 8.89. The summed E-state index contributed by atoms with van der Waals surface area (Å²) in [5, 5.41) is 0. The lowest BCUT2D eigenvalue weighted by molar-refractivity contribution is -0.131. The number of rotatable bonds is 3. The largest absolute Gasteiger partial charge is 0.346 e. The van der Waals surface area contributed by atoms with Crippen molar-refractivity contribution < 1.29 is 14.4 Å². The number of hydrogen-bond acceptors (Lipinski definition) is 4. The van der Waals surface area contributed by atoms with Gasteiger partial charge in [0, 0.05) is 35.0 Å². The van der Waals surface area contributed by atoms with Crippen LogP contribution in [-0.2, 0) is 15.0 Å². The van der Waals surface area contributed by atoms with E-state index in [2.05, 4.69) is 13.8 Å². The van der Waals surface area contributed by atoms with Crippen LogP contribution in [0, 0.1) is 0 Å². The summed E-state index contributed by atoms with van der Waals surface area (Å²) in [5.41, 5.74) is 4.01. The average molecular weight is 434 g/mol. The molecular formula is C29H23NO3. The summed E-state index contributed by atoms with van der Waals surface area (Å²) in [6, 6.07) is 25.9. The van der Waals surface area contributed by atoms with Crippen LogP contribution >= 0.6 is 0 Å². The van der Waals surface area contributed by atoms with Crippen LogP contribution < -0.4 is 4.90 Å². The van der Waals surface area contributed by atoms with E-state index in [4.69, 9.17) is 0 Å². The molecule has 1 aliphatic heterocycles. The number of allylic oxidation sites excluding steroid dienone is 4. The van der Waals surface area contributed by atoms with Crippen molar-refractivity contribution in [3.63, 3.8) is 0 Å². The molecule has 3 aromatic rings. The van der Waals surface area contributed by atoms with E-state index in [1.54, 1.807) is 24.3 Å². The fraction of sp³-hybridized carbons (Fsp3) is 0.138. The Morgan fingerprint density at radius 1 is 0.727 bits per heavy atom. The molecule has 0 radical (unpaired) electrons. The van der Waals surface area contributed by atoms with E-state index in [-0.39, 0.29) is 5.57 Å². The highest BCUT2D eigenvalue weighted by Gasteiger charge is 2.48. The SMILES string of the molecule is CN1C(=C2C(=O)C(=O)C(C(=O)c3ccccc3)=C2c2ccccc2)C(C)(C)c2ccccc21. The molecule has 162 valence electrons. The van der Waals surface area contributed by atoms with Gasteiger partial charge in [-0.15, -0.1) is 0 Å². The van der Waals surface area contributed by atoms with Crippen molar-refractivity contribution in [2.45, 2.75) is 19.3 Å². The van der Waals surface area contributed by atoms with Gasteiger partial charge in [-0.2, -0.15) is 0 Å². The molecule has 1 heterocycles. The standard InChI is InChI=1S/C29H23NO3/c1-29(2)20-16-10-11-17-21(20)30(3)28(29)24-22(18-12-6-4-7-13-18)23(26(32)27(24)33)25(31)19-14-8-5-9-15-19/h4-17H,1-3H3. The zero-order valence-electron chi connectivity index (χ0n) is 18.8. The van der Waals surface area contributed by atoms with E-state index in [9.17, 15) is 14.4 Å². The maximum atomic E-state index is 13.6. The van der Waals surface area contributed by atoms with Gasteiger partial charge in [0.25, 0.3) is 0 Å². The number of benzene rings is 3. The highest BCUT2D eigenvalue weighted by Crippen LogP contribution is 2.51. The Balaban J connectivity index is 1.85. The minimum absolute atomic E-state index is 0.0555. The van der Waals surface area contributed by atoms with Gasteiger partial charge in [0.05, 0.1) is 11.1 Å². The molecule has 33 heavy (non-hydrogen) atoms. The number of carbonyl (C=O) groups is 3. The molecular weight excluding hydrogens is 410 g/mol. The van der Waals surface area contributed by atoms with Crippen molar-refractivity contribution in [1.82, 2.24) is 0 Å². The first-order chi connectivity index (χ1) is 15.8. The maximum Gasteiger partial charge on any atom is 0.238 e. The molecule has 0 unspecified atom stereocenters. The third-order valence-corrected chi connectivity index (χ3v) is 6.59. The Kier molecular flexibility index (Phi) is 4.75. The summed E-state index contributed by atoms with van der Waals surface area (Å²) >= 11 is 0. The molecule has 0 fully saturated rings. The average Bonchev–Trinajstić information content (AvgIpc) is 3.21. The highest BCUT2D eigenvalue weighted by molar-refractivity contribution is 6.64. The van der Waals surface area contributed by atoms with Gasteiger partial charge in [0.15, 0.2) is 5.78 Å². The van der Waals surface area contributed by atoms with Crippen molar-refractivity contribution in [3.05, 3.63) is 118 Å². The summed E-state index contributed by atoms with van der Waals surface area (Å²) in [4.78, 5) is 42.5. The van der Waals surface area contributed by atoms with Crippen LogP contribution in [0.5, 0.6) is 0 Å². The molecule has 4 heteroatoms. The van der Waals surface area contributed by atoms with Crippen LogP contribution in [0.15, 0.2) is 102 Å². The molecule has 1 aliphatic carbocycles. The lowest BCUT2D eigenvalue weighted by Gasteiger charge is -2.27. The van der Waals surface area contributed by atoms with E-state index in [0.717, 1.165) is 16.9 Å². The Bertz CT molecular complexity index is 1380. The van der Waals surface area contributed by atoms with E-state index in [1.165, 1.54) is 0 Å². The van der Waals surface area contributed by atoms with Gasteiger partial charge in [-0.05, 0) is 17.2 Å². The minimum atomic E-state index is -0.745. The summed E-state index contributed by atoms with van der Waals surface area (Å²) in [6.07, 6.45) is 0. The second kappa shape index (κ2) is 7.52. The number of likely N-dealkylation sites (N-methyl/N-ethyl adjacent to an activating group) is 1. The molecule has 4 nitrogen and oxygen atoms in total. The van der Waals surface area contributed by atoms with Gasteiger partial charge in [-0.25, -0.2) is 0 Å². The van der Waals surface area contributed by atoms with Crippen LogP contribution in [0.1, 0.15) is 35.3 Å². The fourth-order valence-electron chi connectivity index (χ4n) is 5.09. The van der Waals surface area contributed by atoms with Crippen molar-refractivity contribution in [1.29, 1.82) is 0 Å². The molecule has 0 aromatic heterocycles. The van der Waals surface area contributed by atoms with Gasteiger partial charge < -0.3 is 4.90 Å². The smallest absolute Gasteiger partial charge is 0.238 e. The summed E-state index contributed by atoms with van der Waals surface area (Å²) in [7, 11) is 1.91. The number of para-hydroxylation sites is 1. The first kappa shape index (κ1) is 20.8. The summed E-state index contributed by atoms with van der Waals surface area (Å²) < 4.78 is 0. The molecule has 3 aromatic carbocycles. The molecule has 0 spiro atoms. The number of fused-ring (bicyclic) bond motifs is 1. The van der Waals surface area contributed by atoms with Crippen molar-refractivity contribution in [2.24, 2.45) is 0 Å². The first-order valence-corrected chi connectivity index (χ1v) is 10.9. The lowest BCUT2D eigenvalue weighted by atomic mass is 9.80. The predicted octanol–water partition coefficient (Wildman–Crippen LogP) is 5.16. The molecule has 0 saturated carbocycles. The quantitative estimate of drug-likeness (QED) is 0.248. The van der Waals surface area contributed by atoms with E-state index >= 15 is 0 Å². The van der Waals surface area contributed by atoms with E-state index in [0.29, 0.717) is 22.3 Å². The van der Waals surface area contributed by atoms with Crippen LogP contribution in [0.4, 0.5) is 5.69 Å². The van der Waals surface area contributed by atoms with Gasteiger partial charge in [0.2, 0.25) is 11.6 Å². The first-order valence-electron chi connectivity index (χ1n) is 10.9. The Morgan fingerprint density at radius 2 is 1.30 bits per heavy atom. The number of nitrogens with zero attached hydrogens (tertiary/aromatic N) is 1. The van der Waals surface area contributed by atoms with Crippen molar-refractivity contribution in [2.75, 3.05) is 11.9 Å². The molecule has 0 saturated heterocycles. The second-order valence-corrected chi connectivity index (χ2v) is 8.89. The molecule has 0 amide bonds. The number of carbonyl (C=O) groups excluding carboxylic acids is 3. The Hall–Kier alpha value is -4.05. The third kappa shape index (κ3) is 3.02. The zero-order valence-corrected chi connectivity index (χ0v) is 18.8. The van der Waals surface area contributed by atoms with Crippen LogP contribution in [-0.4, -0.2) is 24.4 Å². The Morgan fingerprint density at radius 3 is 1.94 bits per heavy atom. The zero-order chi connectivity index (χ0) is 23.3. The third-order valence-electron chi connectivity index (χ3n) is 6.59. The van der Waals surface area contributed by atoms with Gasteiger partial charge in [-0.3, -0.25) is 14.4 Å². The van der Waals surface area contributed by atoms with Crippen molar-refractivity contribution >= 4 is 28.6 Å².